The lowest BCUT2D eigenvalue weighted by Crippen LogP contribution is -2.21. The summed E-state index contributed by atoms with van der Waals surface area (Å²) in [5.74, 6) is -0.0639. The van der Waals surface area contributed by atoms with Gasteiger partial charge < -0.3 is 16.0 Å². The summed E-state index contributed by atoms with van der Waals surface area (Å²) in [7, 11) is 3.43. The molecule has 0 aromatic heterocycles. The van der Waals surface area contributed by atoms with Gasteiger partial charge >= 0.3 is 0 Å². The van der Waals surface area contributed by atoms with Crippen LogP contribution in [0.5, 0.6) is 0 Å². The minimum absolute atomic E-state index is 0.0639. The second-order valence-electron chi connectivity index (χ2n) is 4.98. The molecule has 3 N–H and O–H groups in total. The quantitative estimate of drug-likeness (QED) is 0.853. The van der Waals surface area contributed by atoms with Crippen molar-refractivity contribution in [3.63, 3.8) is 0 Å². The maximum Gasteiger partial charge on any atom is 0.253 e. The summed E-state index contributed by atoms with van der Waals surface area (Å²) >= 11 is 5.85. The molecular formula is C16H18ClN3O. The molecule has 0 spiro atoms. The van der Waals surface area contributed by atoms with Crippen LogP contribution >= 0.6 is 11.6 Å². The SMILES string of the molecule is CN(C)C(=O)c1ccc(NCc2ccc(Cl)cc2)c(N)c1. The average molecular weight is 304 g/mol. The Bertz CT molecular complexity index is 638. The van der Waals surface area contributed by atoms with Crippen molar-refractivity contribution in [2.75, 3.05) is 25.1 Å². The molecular weight excluding hydrogens is 286 g/mol. The normalized spacial score (nSPS) is 10.2. The largest absolute Gasteiger partial charge is 0.397 e. The lowest BCUT2D eigenvalue weighted by Gasteiger charge is -2.13. The Balaban J connectivity index is 2.07. The Morgan fingerprint density at radius 2 is 1.86 bits per heavy atom. The van der Waals surface area contributed by atoms with Crippen LogP contribution in [-0.2, 0) is 6.54 Å². The lowest BCUT2D eigenvalue weighted by atomic mass is 10.1. The smallest absolute Gasteiger partial charge is 0.253 e. The van der Waals surface area contributed by atoms with E-state index >= 15 is 0 Å². The number of benzene rings is 2. The van der Waals surface area contributed by atoms with Crippen LogP contribution in [0.15, 0.2) is 42.5 Å². The molecule has 0 aliphatic rings. The molecule has 4 nitrogen and oxygen atoms in total. The highest BCUT2D eigenvalue weighted by Gasteiger charge is 2.09. The zero-order chi connectivity index (χ0) is 15.4. The molecule has 0 unspecified atom stereocenters. The van der Waals surface area contributed by atoms with E-state index in [9.17, 15) is 4.79 Å². The van der Waals surface area contributed by atoms with Gasteiger partial charge in [0.2, 0.25) is 0 Å². The zero-order valence-corrected chi connectivity index (χ0v) is 12.8. The van der Waals surface area contributed by atoms with E-state index in [1.165, 1.54) is 4.90 Å². The van der Waals surface area contributed by atoms with Crippen molar-refractivity contribution in [3.8, 4) is 0 Å². The lowest BCUT2D eigenvalue weighted by molar-refractivity contribution is 0.0827. The standard InChI is InChI=1S/C16H18ClN3O/c1-20(2)16(21)12-5-8-15(14(18)9-12)19-10-11-3-6-13(17)7-4-11/h3-9,19H,10,18H2,1-2H3. The maximum atomic E-state index is 11.9. The van der Waals surface area contributed by atoms with Gasteiger partial charge in [-0.3, -0.25) is 4.79 Å². The Kier molecular flexibility index (Phi) is 4.70. The fourth-order valence-corrected chi connectivity index (χ4v) is 2.04. The van der Waals surface area contributed by atoms with Gasteiger partial charge in [0.15, 0.2) is 0 Å². The zero-order valence-electron chi connectivity index (χ0n) is 12.1. The second kappa shape index (κ2) is 6.50. The average Bonchev–Trinajstić information content (AvgIpc) is 2.46. The first-order valence-corrected chi connectivity index (χ1v) is 6.94. The number of nitrogens with two attached hydrogens (primary N) is 1. The minimum Gasteiger partial charge on any atom is -0.397 e. The van der Waals surface area contributed by atoms with Crippen LogP contribution < -0.4 is 11.1 Å². The number of nitrogen functional groups attached to an aromatic ring is 1. The summed E-state index contributed by atoms with van der Waals surface area (Å²) in [6.45, 7) is 0.641. The number of carbonyl (C=O) groups excluding carboxylic acids is 1. The molecule has 0 heterocycles. The van der Waals surface area contributed by atoms with Crippen molar-refractivity contribution in [1.29, 1.82) is 0 Å². The van der Waals surface area contributed by atoms with Crippen LogP contribution in [0.25, 0.3) is 0 Å². The first-order chi connectivity index (χ1) is 9.97. The summed E-state index contributed by atoms with van der Waals surface area (Å²) in [4.78, 5) is 13.4. The first-order valence-electron chi connectivity index (χ1n) is 6.57. The molecule has 0 saturated heterocycles. The number of hydrogen-bond donors (Lipinski definition) is 2. The molecule has 21 heavy (non-hydrogen) atoms. The third-order valence-electron chi connectivity index (χ3n) is 3.10. The van der Waals surface area contributed by atoms with Crippen LogP contribution in [0.3, 0.4) is 0 Å². The van der Waals surface area contributed by atoms with Gasteiger partial charge in [-0.15, -0.1) is 0 Å². The molecule has 0 aliphatic heterocycles. The van der Waals surface area contributed by atoms with E-state index in [2.05, 4.69) is 5.32 Å². The van der Waals surface area contributed by atoms with Crippen molar-refractivity contribution in [2.45, 2.75) is 6.54 Å². The Hall–Kier alpha value is -2.20. The number of amides is 1. The van der Waals surface area contributed by atoms with E-state index in [4.69, 9.17) is 17.3 Å². The molecule has 0 saturated carbocycles. The van der Waals surface area contributed by atoms with Gasteiger partial charge in [0, 0.05) is 31.2 Å². The van der Waals surface area contributed by atoms with Crippen molar-refractivity contribution in [1.82, 2.24) is 4.90 Å². The Morgan fingerprint density at radius 3 is 2.43 bits per heavy atom. The second-order valence-corrected chi connectivity index (χ2v) is 5.42. The molecule has 2 rings (SSSR count). The predicted octanol–water partition coefficient (Wildman–Crippen LogP) is 3.24. The third kappa shape index (κ3) is 3.89. The number of nitrogens with one attached hydrogen (secondary N) is 1. The Labute approximate surface area is 129 Å². The van der Waals surface area contributed by atoms with E-state index < -0.39 is 0 Å². The number of nitrogens with zero attached hydrogens (tertiary/aromatic N) is 1. The molecule has 0 bridgehead atoms. The highest BCUT2D eigenvalue weighted by Crippen LogP contribution is 2.21. The number of carbonyl (C=O) groups is 1. The van der Waals surface area contributed by atoms with Crippen LogP contribution in [0.1, 0.15) is 15.9 Å². The van der Waals surface area contributed by atoms with Crippen molar-refractivity contribution in [3.05, 3.63) is 58.6 Å². The van der Waals surface area contributed by atoms with E-state index in [0.29, 0.717) is 22.8 Å². The number of anilines is 2. The van der Waals surface area contributed by atoms with Gasteiger partial charge in [-0.05, 0) is 35.9 Å². The van der Waals surface area contributed by atoms with Gasteiger partial charge in [-0.1, -0.05) is 23.7 Å². The van der Waals surface area contributed by atoms with Gasteiger partial charge in [0.25, 0.3) is 5.91 Å². The van der Waals surface area contributed by atoms with Crippen LogP contribution in [0, 0.1) is 0 Å². The topological polar surface area (TPSA) is 58.4 Å². The number of hydrogen-bond acceptors (Lipinski definition) is 3. The van der Waals surface area contributed by atoms with Crippen molar-refractivity contribution in [2.24, 2.45) is 0 Å². The van der Waals surface area contributed by atoms with Gasteiger partial charge in [0.05, 0.1) is 11.4 Å². The molecule has 0 atom stereocenters. The van der Waals surface area contributed by atoms with Gasteiger partial charge in [0.1, 0.15) is 0 Å². The highest BCUT2D eigenvalue weighted by atomic mass is 35.5. The van der Waals surface area contributed by atoms with Gasteiger partial charge in [-0.25, -0.2) is 0 Å². The predicted molar refractivity (Wildman–Crippen MR) is 87.7 cm³/mol. The summed E-state index contributed by atoms with van der Waals surface area (Å²) in [5, 5.41) is 3.96. The summed E-state index contributed by atoms with van der Waals surface area (Å²) in [5.41, 5.74) is 9.03. The monoisotopic (exact) mass is 303 g/mol. The molecule has 1 amide bonds. The molecule has 110 valence electrons. The molecule has 0 aliphatic carbocycles. The molecule has 0 fully saturated rings. The summed E-state index contributed by atoms with van der Waals surface area (Å²) in [6.07, 6.45) is 0. The van der Waals surface area contributed by atoms with Crippen LogP contribution in [-0.4, -0.2) is 24.9 Å². The summed E-state index contributed by atoms with van der Waals surface area (Å²) in [6, 6.07) is 12.9. The van der Waals surface area contributed by atoms with E-state index in [-0.39, 0.29) is 5.91 Å². The fourth-order valence-electron chi connectivity index (χ4n) is 1.91. The number of halogens is 1. The molecule has 0 radical (unpaired) electrons. The maximum absolute atomic E-state index is 11.9. The van der Waals surface area contributed by atoms with E-state index in [1.54, 1.807) is 26.2 Å². The highest BCUT2D eigenvalue weighted by molar-refractivity contribution is 6.30. The van der Waals surface area contributed by atoms with Crippen LogP contribution in [0.2, 0.25) is 5.02 Å². The Morgan fingerprint density at radius 1 is 1.19 bits per heavy atom. The summed E-state index contributed by atoms with van der Waals surface area (Å²) < 4.78 is 0. The third-order valence-corrected chi connectivity index (χ3v) is 3.35. The minimum atomic E-state index is -0.0639. The van der Waals surface area contributed by atoms with Crippen LogP contribution in [0.4, 0.5) is 11.4 Å². The number of rotatable bonds is 4. The van der Waals surface area contributed by atoms with E-state index in [1.807, 2.05) is 30.3 Å². The van der Waals surface area contributed by atoms with Crippen molar-refractivity contribution < 1.29 is 4.79 Å². The van der Waals surface area contributed by atoms with Crippen molar-refractivity contribution >= 4 is 28.9 Å². The molecule has 2 aromatic rings. The fraction of sp³-hybridized carbons (Fsp3) is 0.188. The molecule has 5 heteroatoms. The first kappa shape index (κ1) is 15.2. The van der Waals surface area contributed by atoms with E-state index in [0.717, 1.165) is 11.3 Å². The van der Waals surface area contributed by atoms with Gasteiger partial charge in [-0.2, -0.15) is 0 Å². The molecule has 2 aromatic carbocycles.